The molecule has 0 N–H and O–H groups in total. The monoisotopic (exact) mass is 372 g/mol. The van der Waals surface area contributed by atoms with E-state index in [1.807, 2.05) is 12.1 Å². The summed E-state index contributed by atoms with van der Waals surface area (Å²) in [5, 5.41) is 0. The average molecular weight is 373 g/mol. The molecule has 2 aliphatic heterocycles. The lowest BCUT2D eigenvalue weighted by Gasteiger charge is -2.49. The van der Waals surface area contributed by atoms with E-state index in [1.165, 1.54) is 31.4 Å². The van der Waals surface area contributed by atoms with E-state index in [2.05, 4.69) is 29.8 Å². The summed E-state index contributed by atoms with van der Waals surface area (Å²) >= 11 is 0. The number of likely N-dealkylation sites (tertiary alicyclic amines) is 1. The van der Waals surface area contributed by atoms with Crippen molar-refractivity contribution in [3.8, 4) is 0 Å². The van der Waals surface area contributed by atoms with E-state index in [0.29, 0.717) is 23.8 Å². The van der Waals surface area contributed by atoms with Crippen LogP contribution in [0.3, 0.4) is 0 Å². The molecule has 0 radical (unpaired) electrons. The lowest BCUT2D eigenvalue weighted by Crippen LogP contribution is -3.00. The van der Waals surface area contributed by atoms with Gasteiger partial charge in [-0.15, -0.1) is 12.4 Å². The van der Waals surface area contributed by atoms with Crippen LogP contribution in [0.25, 0.3) is 0 Å². The third-order valence-corrected chi connectivity index (χ3v) is 6.33. The Morgan fingerprint density at radius 1 is 1.17 bits per heavy atom. The van der Waals surface area contributed by atoms with E-state index >= 15 is 0 Å². The van der Waals surface area contributed by atoms with Crippen LogP contribution in [0.5, 0.6) is 0 Å². The van der Waals surface area contributed by atoms with Crippen LogP contribution in [-0.2, 0) is 0 Å². The Hall–Kier alpha value is -0.640. The highest BCUT2D eigenvalue weighted by molar-refractivity contribution is 5.85. The maximum absolute atomic E-state index is 13.3. The zero-order valence-corrected chi connectivity index (χ0v) is 15.9. The quantitative estimate of drug-likeness (QED) is 0.647. The van der Waals surface area contributed by atoms with Gasteiger partial charge in [0.25, 0.3) is 0 Å². The van der Waals surface area contributed by atoms with Crippen LogP contribution in [0.1, 0.15) is 30.7 Å². The van der Waals surface area contributed by atoms with E-state index in [9.17, 15) is 4.39 Å². The average Bonchev–Trinajstić information content (AvgIpc) is 2.90. The molecule has 2 fully saturated rings. The Kier molecular flexibility index (Phi) is 6.33. The highest BCUT2D eigenvalue weighted by Gasteiger charge is 2.51. The predicted octanol–water partition coefficient (Wildman–Crippen LogP) is 0.408. The van der Waals surface area contributed by atoms with Gasteiger partial charge in [-0.2, -0.15) is 0 Å². The third kappa shape index (κ3) is 3.36. The summed E-state index contributed by atoms with van der Waals surface area (Å²) in [5.41, 5.74) is 1.33. The van der Waals surface area contributed by atoms with Crippen molar-refractivity contribution in [3.63, 3.8) is 0 Å². The molecule has 1 aromatic carbocycles. The van der Waals surface area contributed by atoms with Gasteiger partial charge in [0.15, 0.2) is 0 Å². The van der Waals surface area contributed by atoms with E-state index in [-0.39, 0.29) is 30.6 Å². The second-order valence-electron chi connectivity index (χ2n) is 7.58. The molecule has 0 spiro atoms. The van der Waals surface area contributed by atoms with E-state index in [0.717, 1.165) is 12.5 Å². The van der Waals surface area contributed by atoms with Crippen LogP contribution in [0.4, 0.5) is 4.39 Å². The van der Waals surface area contributed by atoms with Crippen LogP contribution in [0.2, 0.25) is 0 Å². The van der Waals surface area contributed by atoms with E-state index < -0.39 is 0 Å². The molecular formula is C19H27Cl2FN2. The van der Waals surface area contributed by atoms with Crippen molar-refractivity contribution in [2.45, 2.75) is 31.2 Å². The van der Waals surface area contributed by atoms with Crippen LogP contribution in [0.15, 0.2) is 24.3 Å². The minimum absolute atomic E-state index is 0. The molecule has 2 heterocycles. The summed E-state index contributed by atoms with van der Waals surface area (Å²) in [4.78, 5) is 2.58. The molecule has 5 unspecified atom stereocenters. The number of hydrogen-bond acceptors (Lipinski definition) is 1. The van der Waals surface area contributed by atoms with Crippen molar-refractivity contribution in [1.29, 1.82) is 0 Å². The van der Waals surface area contributed by atoms with Gasteiger partial charge in [0.2, 0.25) is 0 Å². The smallest absolute Gasteiger partial charge is 0.146 e. The molecule has 5 atom stereocenters. The fraction of sp³-hybridized carbons (Fsp3) is 0.632. The highest BCUT2D eigenvalue weighted by atomic mass is 35.5. The zero-order chi connectivity index (χ0) is 15.3. The third-order valence-electron chi connectivity index (χ3n) is 6.33. The van der Waals surface area contributed by atoms with Crippen molar-refractivity contribution >= 4 is 18.6 Å². The molecule has 24 heavy (non-hydrogen) atoms. The van der Waals surface area contributed by atoms with Crippen molar-refractivity contribution in [3.05, 3.63) is 35.6 Å². The lowest BCUT2D eigenvalue weighted by atomic mass is 9.61. The van der Waals surface area contributed by atoms with Gasteiger partial charge in [-0.1, -0.05) is 12.1 Å². The standard InChI is InChI=1S/C19H26FN2.2ClH/c1-21-11-17-15-4-3-9-22(2)19(15)10-16(18(17)12-21)13-5-7-14(20)8-6-13;;/h5-8,11,15-19H,3-4,9-10,12H2,1-2H3;2*1H/q+1;;/p-1. The first-order valence-corrected chi connectivity index (χ1v) is 8.64. The number of nitrogens with zero attached hydrogens (tertiary/aromatic N) is 2. The fourth-order valence-corrected chi connectivity index (χ4v) is 5.34. The topological polar surface area (TPSA) is 6.25 Å². The number of halogens is 3. The first-order valence-electron chi connectivity index (χ1n) is 8.64. The first kappa shape index (κ1) is 19.7. The minimum Gasteiger partial charge on any atom is -1.00 e. The second kappa shape index (κ2) is 7.72. The number of fused-ring (bicyclic) bond motifs is 3. The molecule has 0 amide bonds. The molecule has 1 aliphatic carbocycles. The summed E-state index contributed by atoms with van der Waals surface area (Å²) in [6.07, 6.45) is 6.42. The van der Waals surface area contributed by atoms with Crippen molar-refractivity contribution in [2.75, 3.05) is 27.2 Å². The van der Waals surface area contributed by atoms with Gasteiger partial charge in [-0.05, 0) is 62.4 Å². The van der Waals surface area contributed by atoms with Crippen LogP contribution in [-0.4, -0.2) is 48.9 Å². The van der Waals surface area contributed by atoms with Crippen molar-refractivity contribution in [1.82, 2.24) is 4.90 Å². The first-order chi connectivity index (χ1) is 10.6. The Balaban J connectivity index is 0.00000104. The Bertz CT molecular complexity index is 590. The van der Waals surface area contributed by atoms with Crippen LogP contribution >= 0.6 is 12.4 Å². The van der Waals surface area contributed by atoms with Gasteiger partial charge in [0, 0.05) is 17.9 Å². The molecule has 0 aromatic heterocycles. The van der Waals surface area contributed by atoms with Gasteiger partial charge < -0.3 is 17.3 Å². The number of rotatable bonds is 1. The van der Waals surface area contributed by atoms with Crippen molar-refractivity contribution in [2.24, 2.45) is 17.8 Å². The van der Waals surface area contributed by atoms with Crippen molar-refractivity contribution < 1.29 is 21.4 Å². The molecular weight excluding hydrogens is 346 g/mol. The SMILES string of the molecule is CN1CCCC2C3C=[N+](C)CC3C(c3ccc(F)cc3)CC21.Cl.[Cl-]. The lowest BCUT2D eigenvalue weighted by molar-refractivity contribution is -0.490. The number of piperidine rings is 1. The summed E-state index contributed by atoms with van der Waals surface area (Å²) in [6, 6.07) is 7.97. The molecule has 1 aromatic rings. The molecule has 5 heteroatoms. The van der Waals surface area contributed by atoms with Gasteiger partial charge in [0.1, 0.15) is 25.6 Å². The maximum atomic E-state index is 13.3. The van der Waals surface area contributed by atoms with Crippen LogP contribution < -0.4 is 12.4 Å². The molecule has 134 valence electrons. The molecule has 3 aliphatic rings. The van der Waals surface area contributed by atoms with Gasteiger partial charge >= 0.3 is 0 Å². The summed E-state index contributed by atoms with van der Waals surface area (Å²) in [7, 11) is 4.50. The van der Waals surface area contributed by atoms with Gasteiger partial charge in [-0.3, -0.25) is 0 Å². The molecule has 4 rings (SSSR count). The maximum Gasteiger partial charge on any atom is 0.146 e. The summed E-state index contributed by atoms with van der Waals surface area (Å²) in [6.45, 7) is 2.38. The Morgan fingerprint density at radius 2 is 1.88 bits per heavy atom. The Morgan fingerprint density at radius 3 is 2.58 bits per heavy atom. The second-order valence-corrected chi connectivity index (χ2v) is 7.58. The van der Waals surface area contributed by atoms with Gasteiger partial charge in [-0.25, -0.2) is 8.97 Å². The van der Waals surface area contributed by atoms with Crippen LogP contribution in [0, 0.1) is 23.6 Å². The zero-order valence-electron chi connectivity index (χ0n) is 14.4. The summed E-state index contributed by atoms with van der Waals surface area (Å²) < 4.78 is 15.7. The molecule has 2 nitrogen and oxygen atoms in total. The van der Waals surface area contributed by atoms with E-state index in [4.69, 9.17) is 0 Å². The number of hydrogen-bond donors (Lipinski definition) is 0. The summed E-state index contributed by atoms with van der Waals surface area (Å²) in [5.74, 6) is 2.64. The van der Waals surface area contributed by atoms with E-state index in [1.54, 1.807) is 12.1 Å². The highest BCUT2D eigenvalue weighted by Crippen LogP contribution is 2.49. The minimum atomic E-state index is -0.126. The fourth-order valence-electron chi connectivity index (χ4n) is 5.34. The normalized spacial score (nSPS) is 35.1. The predicted molar refractivity (Wildman–Crippen MR) is 94.2 cm³/mol. The molecule has 1 saturated carbocycles. The molecule has 0 bridgehead atoms. The Labute approximate surface area is 156 Å². The largest absolute Gasteiger partial charge is 1.00 e. The number of benzene rings is 1. The molecule has 1 saturated heterocycles. The van der Waals surface area contributed by atoms with Gasteiger partial charge in [0.05, 0.1) is 0 Å².